The maximum Gasteiger partial charge on any atom is 0.387 e. The number of rotatable bonds is 6. The summed E-state index contributed by atoms with van der Waals surface area (Å²) >= 11 is 0. The molecule has 0 aliphatic carbocycles. The van der Waals surface area contributed by atoms with Gasteiger partial charge in [-0.05, 0) is 27.9 Å². The van der Waals surface area contributed by atoms with Crippen LogP contribution in [0.1, 0.15) is 13.8 Å². The Hall–Kier alpha value is -1.63. The molecule has 0 bridgehead atoms. The predicted octanol–water partition coefficient (Wildman–Crippen LogP) is 2.73. The molecule has 0 amide bonds. The van der Waals surface area contributed by atoms with Gasteiger partial charge in [-0.1, -0.05) is 0 Å². The van der Waals surface area contributed by atoms with Crippen LogP contribution < -0.4 is 15.2 Å². The molecule has 1 aromatic carbocycles. The first kappa shape index (κ1) is 16.4. The Bertz CT molecular complexity index is 465. The second kappa shape index (κ2) is 6.21. The van der Waals surface area contributed by atoms with Crippen LogP contribution in [0.3, 0.4) is 0 Å². The molecule has 4 nitrogen and oxygen atoms in total. The molecule has 0 saturated carbocycles. The molecule has 0 aliphatic heterocycles. The average Bonchev–Trinajstić information content (AvgIpc) is 2.30. The lowest BCUT2D eigenvalue weighted by atomic mass is 10.1. The van der Waals surface area contributed by atoms with E-state index in [-0.39, 0.29) is 23.6 Å². The van der Waals surface area contributed by atoms with Crippen molar-refractivity contribution in [2.75, 3.05) is 26.4 Å². The second-order valence-corrected chi connectivity index (χ2v) is 5.19. The summed E-state index contributed by atoms with van der Waals surface area (Å²) in [7, 11) is 3.76. The van der Waals surface area contributed by atoms with Crippen molar-refractivity contribution in [1.82, 2.24) is 4.90 Å². The maximum atomic E-state index is 13.4. The van der Waals surface area contributed by atoms with Crippen molar-refractivity contribution in [3.8, 4) is 11.5 Å². The molecule has 0 spiro atoms. The van der Waals surface area contributed by atoms with Gasteiger partial charge in [0.05, 0.1) is 5.69 Å². The van der Waals surface area contributed by atoms with Crippen LogP contribution in [0.25, 0.3) is 0 Å². The van der Waals surface area contributed by atoms with Gasteiger partial charge in [0.15, 0.2) is 11.6 Å². The minimum Gasteiger partial charge on any atom is -0.489 e. The first-order chi connectivity index (χ1) is 9.13. The van der Waals surface area contributed by atoms with Gasteiger partial charge >= 0.3 is 6.61 Å². The summed E-state index contributed by atoms with van der Waals surface area (Å²) in [6.45, 7) is 1.01. The lowest BCUT2D eigenvalue weighted by molar-refractivity contribution is -0.0523. The molecule has 20 heavy (non-hydrogen) atoms. The summed E-state index contributed by atoms with van der Waals surface area (Å²) in [5.41, 5.74) is 5.33. The minimum absolute atomic E-state index is 0.0265. The van der Waals surface area contributed by atoms with Crippen LogP contribution in [-0.2, 0) is 0 Å². The molecule has 0 aliphatic rings. The van der Waals surface area contributed by atoms with Gasteiger partial charge in [-0.2, -0.15) is 8.78 Å². The molecule has 1 rings (SSSR count). The molecule has 2 N–H and O–H groups in total. The predicted molar refractivity (Wildman–Crippen MR) is 70.7 cm³/mol. The topological polar surface area (TPSA) is 47.7 Å². The van der Waals surface area contributed by atoms with Gasteiger partial charge in [0.2, 0.25) is 0 Å². The number of likely N-dealkylation sites (N-methyl/N-ethyl adjacent to an activating group) is 1. The quantitative estimate of drug-likeness (QED) is 0.819. The van der Waals surface area contributed by atoms with Crippen molar-refractivity contribution in [3.63, 3.8) is 0 Å². The van der Waals surface area contributed by atoms with Crippen LogP contribution in [0.15, 0.2) is 12.1 Å². The normalized spacial score (nSPS) is 12.1. The smallest absolute Gasteiger partial charge is 0.387 e. The van der Waals surface area contributed by atoms with Gasteiger partial charge in [0.25, 0.3) is 0 Å². The summed E-state index contributed by atoms with van der Waals surface area (Å²) in [4.78, 5) is 1.93. The van der Waals surface area contributed by atoms with Gasteiger partial charge in [0.1, 0.15) is 12.4 Å². The van der Waals surface area contributed by atoms with Crippen molar-refractivity contribution in [2.45, 2.75) is 26.0 Å². The molecule has 0 heterocycles. The molecule has 114 valence electrons. The molecule has 0 saturated heterocycles. The fraction of sp³-hybridized carbons (Fsp3) is 0.538. The fourth-order valence-electron chi connectivity index (χ4n) is 1.24. The highest BCUT2D eigenvalue weighted by atomic mass is 19.3. The van der Waals surface area contributed by atoms with Crippen molar-refractivity contribution in [3.05, 3.63) is 17.9 Å². The third-order valence-electron chi connectivity index (χ3n) is 3.07. The van der Waals surface area contributed by atoms with E-state index in [0.29, 0.717) is 0 Å². The van der Waals surface area contributed by atoms with Crippen molar-refractivity contribution in [1.29, 1.82) is 0 Å². The third kappa shape index (κ3) is 4.19. The fourth-order valence-corrected chi connectivity index (χ4v) is 1.24. The Morgan fingerprint density at radius 1 is 1.25 bits per heavy atom. The van der Waals surface area contributed by atoms with Crippen molar-refractivity contribution in [2.24, 2.45) is 0 Å². The summed E-state index contributed by atoms with van der Waals surface area (Å²) in [6, 6.07) is 1.93. The number of halogens is 3. The van der Waals surface area contributed by atoms with E-state index in [4.69, 9.17) is 10.5 Å². The zero-order chi connectivity index (χ0) is 15.5. The molecule has 7 heteroatoms. The number of hydrogen-bond donors (Lipinski definition) is 1. The minimum atomic E-state index is -3.11. The van der Waals surface area contributed by atoms with Crippen LogP contribution in [0.4, 0.5) is 18.9 Å². The summed E-state index contributed by atoms with van der Waals surface area (Å²) in [5, 5.41) is 0. The van der Waals surface area contributed by atoms with Crippen LogP contribution in [0, 0.1) is 5.82 Å². The van der Waals surface area contributed by atoms with Crippen molar-refractivity contribution < 1.29 is 22.6 Å². The molecule has 0 fully saturated rings. The Labute approximate surface area is 116 Å². The number of nitrogens with two attached hydrogens (primary N) is 1. The Kier molecular flexibility index (Phi) is 5.10. The molecule has 0 atom stereocenters. The van der Waals surface area contributed by atoms with Crippen LogP contribution >= 0.6 is 0 Å². The first-order valence-corrected chi connectivity index (χ1v) is 5.97. The zero-order valence-corrected chi connectivity index (χ0v) is 11.9. The molecule has 0 unspecified atom stereocenters. The van der Waals surface area contributed by atoms with E-state index in [0.717, 1.165) is 12.1 Å². The molecule has 1 aromatic rings. The number of benzene rings is 1. The molecule has 0 radical (unpaired) electrons. The Balaban J connectivity index is 2.90. The molecular weight excluding hydrogens is 273 g/mol. The van der Waals surface area contributed by atoms with Gasteiger partial charge < -0.3 is 20.1 Å². The van der Waals surface area contributed by atoms with E-state index < -0.39 is 18.2 Å². The van der Waals surface area contributed by atoms with Crippen LogP contribution in [0.2, 0.25) is 0 Å². The second-order valence-electron chi connectivity index (χ2n) is 5.19. The van der Waals surface area contributed by atoms with E-state index >= 15 is 0 Å². The number of nitrogens with zero attached hydrogens (tertiary/aromatic N) is 1. The van der Waals surface area contributed by atoms with Gasteiger partial charge in [0, 0.05) is 17.7 Å². The van der Waals surface area contributed by atoms with Gasteiger partial charge in [-0.3, -0.25) is 0 Å². The third-order valence-corrected chi connectivity index (χ3v) is 3.07. The average molecular weight is 292 g/mol. The molecule has 0 aromatic heterocycles. The number of hydrogen-bond acceptors (Lipinski definition) is 4. The van der Waals surface area contributed by atoms with E-state index in [1.165, 1.54) is 0 Å². The number of ether oxygens (including phenoxy) is 2. The standard InChI is InChI=1S/C13H19F3N2O2/c1-13(2,18(3)4)7-19-11-6-10(20-12(15)16)8(14)5-9(11)17/h5-6,12H,7,17H2,1-4H3. The maximum absolute atomic E-state index is 13.4. The number of anilines is 1. The van der Waals surface area contributed by atoms with E-state index in [2.05, 4.69) is 4.74 Å². The Morgan fingerprint density at radius 3 is 2.35 bits per heavy atom. The first-order valence-electron chi connectivity index (χ1n) is 5.97. The van der Waals surface area contributed by atoms with Crippen molar-refractivity contribution >= 4 is 5.69 Å². The van der Waals surface area contributed by atoms with E-state index in [1.807, 2.05) is 32.8 Å². The monoisotopic (exact) mass is 292 g/mol. The highest BCUT2D eigenvalue weighted by molar-refractivity contribution is 5.56. The van der Waals surface area contributed by atoms with E-state index in [9.17, 15) is 13.2 Å². The van der Waals surface area contributed by atoms with Gasteiger partial charge in [-0.15, -0.1) is 0 Å². The lowest BCUT2D eigenvalue weighted by Gasteiger charge is -2.32. The number of alkyl halides is 2. The summed E-state index contributed by atoms with van der Waals surface area (Å²) < 4.78 is 47.2. The Morgan fingerprint density at radius 2 is 1.85 bits per heavy atom. The lowest BCUT2D eigenvalue weighted by Crippen LogP contribution is -2.43. The summed E-state index contributed by atoms with van der Waals surface area (Å²) in [6.07, 6.45) is 0. The van der Waals surface area contributed by atoms with Crippen LogP contribution in [-0.4, -0.2) is 37.8 Å². The highest BCUT2D eigenvalue weighted by Crippen LogP contribution is 2.31. The van der Waals surface area contributed by atoms with Crippen LogP contribution in [0.5, 0.6) is 11.5 Å². The summed E-state index contributed by atoms with van der Waals surface area (Å²) in [5.74, 6) is -1.44. The molecular formula is C13H19F3N2O2. The number of nitrogen functional groups attached to an aromatic ring is 1. The SMILES string of the molecule is CN(C)C(C)(C)COc1cc(OC(F)F)c(F)cc1N. The largest absolute Gasteiger partial charge is 0.489 e. The zero-order valence-electron chi connectivity index (χ0n) is 11.9. The van der Waals surface area contributed by atoms with Gasteiger partial charge in [-0.25, -0.2) is 4.39 Å². The highest BCUT2D eigenvalue weighted by Gasteiger charge is 2.22. The van der Waals surface area contributed by atoms with E-state index in [1.54, 1.807) is 0 Å².